The maximum Gasteiger partial charge on any atom is 0.302 e. The number of para-hydroxylation sites is 2. The average molecular weight is 346 g/mol. The zero-order valence-electron chi connectivity index (χ0n) is 14.1. The summed E-state index contributed by atoms with van der Waals surface area (Å²) in [5, 5.41) is 16.8. The lowest BCUT2D eigenvalue weighted by molar-refractivity contribution is 0.420. The van der Waals surface area contributed by atoms with Crippen molar-refractivity contribution in [3.63, 3.8) is 0 Å². The van der Waals surface area contributed by atoms with Gasteiger partial charge in [-0.15, -0.1) is 0 Å². The van der Waals surface area contributed by atoms with Gasteiger partial charge in [-0.25, -0.2) is 4.99 Å². The van der Waals surface area contributed by atoms with E-state index in [9.17, 15) is 5.11 Å². The number of nitrogens with zero attached hydrogens (tertiary/aromatic N) is 2. The van der Waals surface area contributed by atoms with Gasteiger partial charge in [0.2, 0.25) is 5.96 Å². The molecule has 2 aliphatic rings. The molecule has 0 fully saturated rings. The summed E-state index contributed by atoms with van der Waals surface area (Å²) in [6, 6.07) is 13.5. The highest BCUT2D eigenvalue weighted by Crippen LogP contribution is 2.46. The van der Waals surface area contributed by atoms with Crippen molar-refractivity contribution in [1.82, 2.24) is 4.98 Å². The minimum absolute atomic E-state index is 0.256. The van der Waals surface area contributed by atoms with Crippen LogP contribution in [0.1, 0.15) is 24.8 Å². The van der Waals surface area contributed by atoms with Crippen LogP contribution < -0.4 is 10.6 Å². The third-order valence-electron chi connectivity index (χ3n) is 4.88. The van der Waals surface area contributed by atoms with Crippen molar-refractivity contribution >= 4 is 28.8 Å². The highest BCUT2D eigenvalue weighted by Gasteiger charge is 2.38. The molecule has 2 heterocycles. The number of rotatable bonds is 1. The predicted molar refractivity (Wildman–Crippen MR) is 101 cm³/mol. The Hall–Kier alpha value is -3.28. The number of guanidine groups is 1. The number of fused-ring (bicyclic) bond motifs is 3. The molecule has 0 saturated carbocycles. The number of phenolic OH excluding ortho intramolecular Hbond substituents is 1. The Morgan fingerprint density at radius 2 is 2.08 bits per heavy atom. The number of hydrogen-bond acceptors (Lipinski definition) is 6. The van der Waals surface area contributed by atoms with Crippen LogP contribution in [0.15, 0.2) is 64.0 Å². The van der Waals surface area contributed by atoms with Crippen LogP contribution in [0.3, 0.4) is 0 Å². The molecule has 1 aliphatic carbocycles. The van der Waals surface area contributed by atoms with Gasteiger partial charge in [-0.05, 0) is 43.5 Å². The molecule has 1 spiro atoms. The van der Waals surface area contributed by atoms with Crippen LogP contribution in [0.5, 0.6) is 5.75 Å². The van der Waals surface area contributed by atoms with Gasteiger partial charge >= 0.3 is 6.01 Å². The van der Waals surface area contributed by atoms with E-state index in [0.29, 0.717) is 12.0 Å². The van der Waals surface area contributed by atoms with Gasteiger partial charge in [-0.3, -0.25) is 5.32 Å². The Labute approximate surface area is 150 Å². The van der Waals surface area contributed by atoms with E-state index in [-0.39, 0.29) is 5.75 Å². The van der Waals surface area contributed by atoms with Crippen LogP contribution in [-0.2, 0) is 5.54 Å². The number of aromatic hydroxyl groups is 1. The number of anilines is 2. The summed E-state index contributed by atoms with van der Waals surface area (Å²) in [6.45, 7) is 0. The van der Waals surface area contributed by atoms with Crippen LogP contribution in [0.2, 0.25) is 0 Å². The third kappa shape index (κ3) is 2.34. The number of phenols is 1. The molecule has 0 bridgehead atoms. The van der Waals surface area contributed by atoms with Crippen LogP contribution in [0, 0.1) is 0 Å². The topological polar surface area (TPSA) is 82.7 Å². The molecule has 0 saturated heterocycles. The summed E-state index contributed by atoms with van der Waals surface area (Å²) >= 11 is 0. The highest BCUT2D eigenvalue weighted by atomic mass is 16.4. The number of benzene rings is 2. The summed E-state index contributed by atoms with van der Waals surface area (Å²) in [7, 11) is 0. The lowest BCUT2D eigenvalue weighted by atomic mass is 9.79. The second kappa shape index (κ2) is 5.62. The minimum atomic E-state index is -0.571. The van der Waals surface area contributed by atoms with E-state index in [0.717, 1.165) is 41.6 Å². The maximum atomic E-state index is 10.5. The predicted octanol–water partition coefficient (Wildman–Crippen LogP) is 4.36. The van der Waals surface area contributed by atoms with Crippen molar-refractivity contribution < 1.29 is 9.52 Å². The SMILES string of the molecule is Oc1cccc2c1[C@]1(C=CCCC1)N=C(Nc1nc3ccccc3o1)N2. The first-order chi connectivity index (χ1) is 12.7. The molecule has 6 nitrogen and oxygen atoms in total. The molecule has 1 atom stereocenters. The van der Waals surface area contributed by atoms with E-state index >= 15 is 0 Å². The van der Waals surface area contributed by atoms with Crippen molar-refractivity contribution in [2.24, 2.45) is 4.99 Å². The largest absolute Gasteiger partial charge is 0.507 e. The number of aliphatic imine (C=N–C) groups is 1. The highest BCUT2D eigenvalue weighted by molar-refractivity contribution is 6.05. The Bertz CT molecular complexity index is 1020. The first kappa shape index (κ1) is 15.0. The lowest BCUT2D eigenvalue weighted by Gasteiger charge is -2.36. The van der Waals surface area contributed by atoms with Crippen molar-refractivity contribution in [2.75, 3.05) is 10.6 Å². The van der Waals surface area contributed by atoms with E-state index in [1.807, 2.05) is 36.4 Å². The molecule has 1 aliphatic heterocycles. The molecule has 0 unspecified atom stereocenters. The molecule has 2 aromatic carbocycles. The molecule has 5 rings (SSSR count). The standard InChI is InChI=1S/C20H18N4O2/c25-15-9-6-8-14-17(15)20(11-4-1-5-12-20)24-18(21-14)23-19-22-13-7-2-3-10-16(13)26-19/h2-4,6-11,25H,1,5,12H2,(H2,21,22,23,24)/t20-/m1/s1. The average Bonchev–Trinajstić information content (AvgIpc) is 3.04. The number of allylic oxidation sites excluding steroid dienone is 1. The van der Waals surface area contributed by atoms with Crippen LogP contribution in [-0.4, -0.2) is 16.1 Å². The van der Waals surface area contributed by atoms with E-state index < -0.39 is 5.54 Å². The monoisotopic (exact) mass is 346 g/mol. The molecule has 6 heteroatoms. The second-order valence-electron chi connectivity index (χ2n) is 6.62. The quantitative estimate of drug-likeness (QED) is 0.570. The molecule has 0 amide bonds. The fraction of sp³-hybridized carbons (Fsp3) is 0.200. The minimum Gasteiger partial charge on any atom is -0.507 e. The van der Waals surface area contributed by atoms with Crippen LogP contribution >= 0.6 is 0 Å². The van der Waals surface area contributed by atoms with Crippen molar-refractivity contribution in [2.45, 2.75) is 24.8 Å². The smallest absolute Gasteiger partial charge is 0.302 e. The van der Waals surface area contributed by atoms with Gasteiger partial charge in [-0.2, -0.15) is 4.98 Å². The van der Waals surface area contributed by atoms with Crippen molar-refractivity contribution in [3.8, 4) is 5.75 Å². The Morgan fingerprint density at radius 1 is 1.15 bits per heavy atom. The van der Waals surface area contributed by atoms with Gasteiger partial charge < -0.3 is 14.8 Å². The van der Waals surface area contributed by atoms with Gasteiger partial charge in [0, 0.05) is 5.56 Å². The fourth-order valence-electron chi connectivity index (χ4n) is 3.75. The maximum absolute atomic E-state index is 10.5. The molecule has 130 valence electrons. The van der Waals surface area contributed by atoms with Crippen LogP contribution in [0.25, 0.3) is 11.1 Å². The summed E-state index contributed by atoms with van der Waals surface area (Å²) in [4.78, 5) is 9.34. The molecule has 0 radical (unpaired) electrons. The van der Waals surface area contributed by atoms with Crippen LogP contribution in [0.4, 0.5) is 11.7 Å². The Balaban J connectivity index is 1.57. The molecule has 3 aromatic rings. The number of oxazole rings is 1. The lowest BCUT2D eigenvalue weighted by Crippen LogP contribution is -2.36. The molecular formula is C20H18N4O2. The first-order valence-corrected chi connectivity index (χ1v) is 8.73. The summed E-state index contributed by atoms with van der Waals surface area (Å²) in [6.07, 6.45) is 7.11. The number of nitrogens with one attached hydrogen (secondary N) is 2. The summed E-state index contributed by atoms with van der Waals surface area (Å²) in [5.41, 5.74) is 2.59. The zero-order valence-corrected chi connectivity index (χ0v) is 14.1. The van der Waals surface area contributed by atoms with E-state index in [1.54, 1.807) is 6.07 Å². The molecule has 26 heavy (non-hydrogen) atoms. The van der Waals surface area contributed by atoms with Crippen molar-refractivity contribution in [1.29, 1.82) is 0 Å². The summed E-state index contributed by atoms with van der Waals surface area (Å²) < 4.78 is 5.75. The van der Waals surface area contributed by atoms with Gasteiger partial charge in [0.1, 0.15) is 16.8 Å². The first-order valence-electron chi connectivity index (χ1n) is 8.73. The van der Waals surface area contributed by atoms with Gasteiger partial charge in [0.05, 0.1) is 5.69 Å². The zero-order chi connectivity index (χ0) is 17.6. The summed E-state index contributed by atoms with van der Waals surface area (Å²) in [5.74, 6) is 0.812. The van der Waals surface area contributed by atoms with Gasteiger partial charge in [0.25, 0.3) is 0 Å². The van der Waals surface area contributed by atoms with E-state index in [2.05, 4.69) is 27.8 Å². The van der Waals surface area contributed by atoms with Gasteiger partial charge in [0.15, 0.2) is 5.58 Å². The van der Waals surface area contributed by atoms with Crippen molar-refractivity contribution in [3.05, 3.63) is 60.2 Å². The third-order valence-corrected chi connectivity index (χ3v) is 4.88. The Kier molecular flexibility index (Phi) is 3.25. The Morgan fingerprint density at radius 3 is 2.92 bits per heavy atom. The number of aromatic nitrogens is 1. The normalized spacial score (nSPS) is 21.3. The second-order valence-corrected chi connectivity index (χ2v) is 6.62. The number of hydrogen-bond donors (Lipinski definition) is 3. The fourth-order valence-corrected chi connectivity index (χ4v) is 3.75. The molecular weight excluding hydrogens is 328 g/mol. The van der Waals surface area contributed by atoms with Gasteiger partial charge in [-0.1, -0.05) is 30.4 Å². The van der Waals surface area contributed by atoms with E-state index in [1.165, 1.54) is 0 Å². The molecule has 1 aromatic heterocycles. The molecule has 3 N–H and O–H groups in total. The van der Waals surface area contributed by atoms with E-state index in [4.69, 9.17) is 9.41 Å².